The molecule has 1 saturated heterocycles. The largest absolute Gasteiger partial charge is 0.370 e. The molecule has 51 heavy (non-hydrogen) atoms. The van der Waals surface area contributed by atoms with Gasteiger partial charge in [0.1, 0.15) is 5.82 Å². The quantitative estimate of drug-likeness (QED) is 0.227. The van der Waals surface area contributed by atoms with Gasteiger partial charge in [0.25, 0.3) is 0 Å². The van der Waals surface area contributed by atoms with Crippen LogP contribution in [0.25, 0.3) is 0 Å². The first-order valence-corrected chi connectivity index (χ1v) is 22.5. The summed E-state index contributed by atoms with van der Waals surface area (Å²) in [5, 5.41) is 8.62. The van der Waals surface area contributed by atoms with Crippen LogP contribution in [-0.4, -0.2) is 24.4 Å². The van der Waals surface area contributed by atoms with Crippen molar-refractivity contribution in [1.82, 2.24) is 10.6 Å². The Labute approximate surface area is 320 Å². The van der Waals surface area contributed by atoms with E-state index in [4.69, 9.17) is 23.2 Å². The third-order valence-corrected chi connectivity index (χ3v) is 18.0. The highest BCUT2D eigenvalue weighted by Gasteiger charge is 2.54. The van der Waals surface area contributed by atoms with E-state index in [0.29, 0.717) is 16.0 Å². The Balaban J connectivity index is 1.57. The Bertz CT molecular complexity index is 1680. The van der Waals surface area contributed by atoms with Crippen LogP contribution in [0.2, 0.25) is 0 Å². The second-order valence-corrected chi connectivity index (χ2v) is 20.5. The van der Waals surface area contributed by atoms with Crippen LogP contribution in [-0.2, 0) is 5.16 Å². The van der Waals surface area contributed by atoms with Crippen LogP contribution in [0.5, 0.6) is 0 Å². The van der Waals surface area contributed by atoms with Crippen LogP contribution in [0.15, 0.2) is 69.5 Å². The maximum absolute atomic E-state index is 7.24. The molecule has 2 N–H and O–H groups in total. The van der Waals surface area contributed by atoms with Gasteiger partial charge in [0.15, 0.2) is 0 Å². The smallest absolute Gasteiger partial charge is 0.105 e. The molecule has 1 heterocycles. The summed E-state index contributed by atoms with van der Waals surface area (Å²) in [6.07, 6.45) is 24.9. The fraction of sp³-hybridized carbons (Fsp3) is 0.565. The van der Waals surface area contributed by atoms with Crippen molar-refractivity contribution in [1.29, 1.82) is 0 Å². The zero-order chi connectivity index (χ0) is 35.9. The molecule has 274 valence electrons. The average molecular weight is 744 g/mol. The maximum Gasteiger partial charge on any atom is 0.105 e. The number of nitrogens with one attached hydrogen (secondary N) is 2. The van der Waals surface area contributed by atoms with Gasteiger partial charge in [0, 0.05) is 35.7 Å². The summed E-state index contributed by atoms with van der Waals surface area (Å²) < 4.78 is 0. The Kier molecular flexibility index (Phi) is 11.5. The van der Waals surface area contributed by atoms with Crippen molar-refractivity contribution < 1.29 is 0 Å². The third kappa shape index (κ3) is 7.18. The molecule has 2 aromatic carbocycles. The lowest BCUT2D eigenvalue weighted by Gasteiger charge is -2.57. The highest BCUT2D eigenvalue weighted by Crippen LogP contribution is 2.75. The standard InChI is InChI=1S/C46H61Cl2N2P/c1-29-24-31(3)41(32(4)25-29)38-18-13-21-46(43-33(5)26-30(2)27-34(43)6,51(36-14-9-7-10-15-36)37-16-11-8-12-17-37)39(38)28-35-19-20-40(47)44(48)42(35)45-49-22-23-50-45/h19-20,24-28,35-38,49-50H,7-18,21-23H2,1-6H3. The van der Waals surface area contributed by atoms with Gasteiger partial charge in [-0.25, -0.2) is 0 Å². The Morgan fingerprint density at radius 1 is 0.686 bits per heavy atom. The predicted octanol–water partition coefficient (Wildman–Crippen LogP) is 13.1. The SMILES string of the molecule is Cc1cc(C)c(C2CCCC(c3c(C)cc(C)cc3C)(P(C3CCCCC3)C3CCCCC3)C2=CC2C=CC(Cl)=C(Cl)C2=C2NCCN2)c(C)c1. The minimum absolute atomic E-state index is 0.00543. The summed E-state index contributed by atoms with van der Waals surface area (Å²) in [6, 6.07) is 9.93. The normalized spacial score (nSPS) is 27.4. The first-order chi connectivity index (χ1) is 24.6. The summed E-state index contributed by atoms with van der Waals surface area (Å²) >= 11 is 14.1. The summed E-state index contributed by atoms with van der Waals surface area (Å²) in [4.78, 5) is 0. The van der Waals surface area contributed by atoms with Crippen molar-refractivity contribution in [2.75, 3.05) is 13.1 Å². The second kappa shape index (κ2) is 15.8. The summed E-state index contributed by atoms with van der Waals surface area (Å²) in [5.74, 6) is 1.45. The first kappa shape index (κ1) is 37.3. The number of allylic oxidation sites excluding steroid dienone is 7. The molecule has 7 rings (SSSR count). The first-order valence-electron chi connectivity index (χ1n) is 20.2. The van der Waals surface area contributed by atoms with Gasteiger partial charge < -0.3 is 10.6 Å². The highest BCUT2D eigenvalue weighted by atomic mass is 35.5. The van der Waals surface area contributed by atoms with E-state index in [9.17, 15) is 0 Å². The van der Waals surface area contributed by atoms with E-state index >= 15 is 0 Å². The summed E-state index contributed by atoms with van der Waals surface area (Å²) in [5.41, 5.74) is 16.4. The summed E-state index contributed by atoms with van der Waals surface area (Å²) in [7, 11) is -0.382. The number of hydrogen-bond donors (Lipinski definition) is 2. The average Bonchev–Trinajstić information content (AvgIpc) is 3.63. The van der Waals surface area contributed by atoms with Crippen molar-refractivity contribution in [3.05, 3.63) is 114 Å². The number of hydrogen-bond acceptors (Lipinski definition) is 2. The second-order valence-electron chi connectivity index (χ2n) is 16.7. The van der Waals surface area contributed by atoms with Gasteiger partial charge in [-0.2, -0.15) is 0 Å². The van der Waals surface area contributed by atoms with Crippen molar-refractivity contribution in [2.45, 2.75) is 147 Å². The van der Waals surface area contributed by atoms with Gasteiger partial charge in [-0.15, -0.1) is 0 Å². The minimum atomic E-state index is -0.382. The number of benzene rings is 2. The van der Waals surface area contributed by atoms with E-state index in [1.165, 1.54) is 117 Å². The Morgan fingerprint density at radius 2 is 1.22 bits per heavy atom. The van der Waals surface area contributed by atoms with Crippen LogP contribution < -0.4 is 10.6 Å². The molecule has 1 aliphatic heterocycles. The van der Waals surface area contributed by atoms with Crippen LogP contribution in [0, 0.1) is 47.5 Å². The molecule has 0 bridgehead atoms. The third-order valence-electron chi connectivity index (χ3n) is 13.0. The molecule has 4 aliphatic carbocycles. The van der Waals surface area contributed by atoms with Gasteiger partial charge in [-0.3, -0.25) is 0 Å². The monoisotopic (exact) mass is 742 g/mol. The van der Waals surface area contributed by atoms with Crippen LogP contribution >= 0.6 is 31.1 Å². The predicted molar refractivity (Wildman–Crippen MR) is 223 cm³/mol. The van der Waals surface area contributed by atoms with Gasteiger partial charge in [0.2, 0.25) is 0 Å². The van der Waals surface area contributed by atoms with E-state index in [-0.39, 0.29) is 19.0 Å². The highest BCUT2D eigenvalue weighted by molar-refractivity contribution is 7.60. The lowest BCUT2D eigenvalue weighted by Crippen LogP contribution is -2.42. The van der Waals surface area contributed by atoms with Crippen molar-refractivity contribution >= 4 is 31.1 Å². The van der Waals surface area contributed by atoms with Gasteiger partial charge in [-0.1, -0.05) is 129 Å². The molecular weight excluding hydrogens is 682 g/mol. The fourth-order valence-corrected chi connectivity index (χ4v) is 17.2. The van der Waals surface area contributed by atoms with Crippen molar-refractivity contribution in [2.24, 2.45) is 5.92 Å². The Hall–Kier alpha value is -1.99. The van der Waals surface area contributed by atoms with Gasteiger partial charge >= 0.3 is 0 Å². The molecular formula is C46H61Cl2N2P. The minimum Gasteiger partial charge on any atom is -0.370 e. The molecule has 3 atom stereocenters. The molecule has 2 aromatic rings. The zero-order valence-corrected chi connectivity index (χ0v) is 34.6. The van der Waals surface area contributed by atoms with Gasteiger partial charge in [0.05, 0.1) is 10.1 Å². The maximum atomic E-state index is 7.24. The number of aryl methyl sites for hydroxylation is 6. The van der Waals surface area contributed by atoms with Crippen molar-refractivity contribution in [3.63, 3.8) is 0 Å². The van der Waals surface area contributed by atoms with Crippen LogP contribution in [0.4, 0.5) is 0 Å². The van der Waals surface area contributed by atoms with E-state index in [0.717, 1.165) is 35.8 Å². The molecule has 5 aliphatic rings. The van der Waals surface area contributed by atoms with E-state index in [2.05, 4.69) is 94.7 Å². The molecule has 3 unspecified atom stereocenters. The van der Waals surface area contributed by atoms with Crippen molar-refractivity contribution in [3.8, 4) is 0 Å². The lowest BCUT2D eigenvalue weighted by atomic mass is 9.66. The summed E-state index contributed by atoms with van der Waals surface area (Å²) in [6.45, 7) is 16.0. The molecule has 0 radical (unpaired) electrons. The Morgan fingerprint density at radius 3 is 1.76 bits per heavy atom. The molecule has 0 amide bonds. The number of rotatable bonds is 6. The lowest BCUT2D eigenvalue weighted by molar-refractivity contribution is 0.423. The number of halogens is 2. The van der Waals surface area contributed by atoms with E-state index in [1.807, 2.05) is 0 Å². The molecule has 5 heteroatoms. The van der Waals surface area contributed by atoms with E-state index < -0.39 is 0 Å². The molecule has 4 fully saturated rings. The molecule has 0 spiro atoms. The zero-order valence-electron chi connectivity index (χ0n) is 32.2. The molecule has 2 nitrogen and oxygen atoms in total. The topological polar surface area (TPSA) is 24.1 Å². The van der Waals surface area contributed by atoms with Crippen LogP contribution in [0.1, 0.15) is 134 Å². The molecule has 3 saturated carbocycles. The van der Waals surface area contributed by atoms with E-state index in [1.54, 1.807) is 16.7 Å². The van der Waals surface area contributed by atoms with Crippen LogP contribution in [0.3, 0.4) is 0 Å². The molecule has 0 aromatic heterocycles. The van der Waals surface area contributed by atoms with Gasteiger partial charge in [-0.05, 0) is 131 Å². The fourth-order valence-electron chi connectivity index (χ4n) is 11.5.